The van der Waals surface area contributed by atoms with Crippen LogP contribution in [0.1, 0.15) is 44.4 Å². The maximum Gasteiger partial charge on any atom is 0.0991 e. The van der Waals surface area contributed by atoms with Gasteiger partial charge in [0.1, 0.15) is 0 Å². The van der Waals surface area contributed by atoms with Gasteiger partial charge in [-0.25, -0.2) is 0 Å². The number of hydrogen-bond donors (Lipinski definition) is 0. The molecule has 0 saturated heterocycles. The second kappa shape index (κ2) is 6.16. The van der Waals surface area contributed by atoms with Crippen molar-refractivity contribution in [2.75, 3.05) is 0 Å². The first-order chi connectivity index (χ1) is 10.8. The molecule has 0 unspecified atom stereocenters. The Hall–Kier alpha value is -2.76. The van der Waals surface area contributed by atoms with Crippen molar-refractivity contribution in [1.29, 1.82) is 5.26 Å². The van der Waals surface area contributed by atoms with Gasteiger partial charge < -0.3 is 0 Å². The molecule has 4 heteroatoms. The van der Waals surface area contributed by atoms with Crippen LogP contribution in [0.4, 0.5) is 5.69 Å². The van der Waals surface area contributed by atoms with Gasteiger partial charge in [0, 0.05) is 10.6 Å². The van der Waals surface area contributed by atoms with Gasteiger partial charge in [-0.15, -0.1) is 0 Å². The minimum atomic E-state index is -0.143. The molecular weight excluding hydrogens is 284 g/mol. The largest absolute Gasteiger partial charge is 0.192 e. The third kappa shape index (κ3) is 3.06. The van der Waals surface area contributed by atoms with E-state index in [0.717, 1.165) is 0 Å². The van der Waals surface area contributed by atoms with E-state index in [1.807, 2.05) is 48.5 Å². The number of nitrogens with zero attached hydrogens (tertiary/aromatic N) is 4. The molecule has 2 aromatic carbocycles. The fraction of sp³-hybridized carbons (Fsp3) is 0.316. The Kier molecular flexibility index (Phi) is 4.45. The molecule has 0 fully saturated rings. The lowest BCUT2D eigenvalue weighted by molar-refractivity contribution is 0.303. The van der Waals surface area contributed by atoms with Crippen molar-refractivity contribution in [2.45, 2.75) is 38.5 Å². The minimum absolute atomic E-state index is 0.138. The first kappa shape index (κ1) is 16.6. The Labute approximate surface area is 137 Å². The Balaban J connectivity index is 2.42. The van der Waals surface area contributed by atoms with Crippen molar-refractivity contribution in [1.82, 2.24) is 0 Å². The van der Waals surface area contributed by atoms with Crippen LogP contribution in [-0.4, -0.2) is 0 Å². The standard InChI is InChI=1S/C19H20N4/c1-18(2,15-7-5-14(13-20)6-8-15)19(3,4)16-9-11-17(12-10-16)22-23-21/h5-12H,1-4H3. The zero-order valence-corrected chi connectivity index (χ0v) is 13.9. The monoisotopic (exact) mass is 304 g/mol. The van der Waals surface area contributed by atoms with Gasteiger partial charge in [0.05, 0.1) is 11.6 Å². The minimum Gasteiger partial charge on any atom is -0.192 e. The molecule has 0 saturated carbocycles. The predicted molar refractivity (Wildman–Crippen MR) is 92.5 cm³/mol. The predicted octanol–water partition coefficient (Wildman–Crippen LogP) is 5.76. The SMILES string of the molecule is CC(C)(c1ccc(C#N)cc1)C(C)(C)c1ccc(N=[N+]=[N-])cc1. The van der Waals surface area contributed by atoms with Gasteiger partial charge in [-0.3, -0.25) is 0 Å². The molecular formula is C19H20N4. The van der Waals surface area contributed by atoms with Crippen molar-refractivity contribution >= 4 is 5.69 Å². The van der Waals surface area contributed by atoms with Gasteiger partial charge in [-0.1, -0.05) is 69.2 Å². The van der Waals surface area contributed by atoms with E-state index in [1.54, 1.807) is 0 Å². The first-order valence-electron chi connectivity index (χ1n) is 7.49. The third-order valence-corrected chi connectivity index (χ3v) is 5.05. The fourth-order valence-corrected chi connectivity index (χ4v) is 2.68. The molecule has 2 rings (SSSR count). The van der Waals surface area contributed by atoms with E-state index in [2.05, 4.69) is 43.8 Å². The molecule has 0 N–H and O–H groups in total. The molecule has 0 spiro atoms. The summed E-state index contributed by atoms with van der Waals surface area (Å²) in [6.07, 6.45) is 0. The molecule has 0 bridgehead atoms. The number of hydrogen-bond acceptors (Lipinski definition) is 2. The van der Waals surface area contributed by atoms with Gasteiger partial charge in [0.25, 0.3) is 0 Å². The molecule has 2 aromatic rings. The molecule has 0 aliphatic heterocycles. The average Bonchev–Trinajstić information content (AvgIpc) is 2.55. The highest BCUT2D eigenvalue weighted by Gasteiger charge is 2.39. The van der Waals surface area contributed by atoms with Crippen LogP contribution in [0.5, 0.6) is 0 Å². The van der Waals surface area contributed by atoms with Crippen LogP contribution in [0.25, 0.3) is 10.4 Å². The van der Waals surface area contributed by atoms with Gasteiger partial charge in [0.15, 0.2) is 0 Å². The Morgan fingerprint density at radius 2 is 1.30 bits per heavy atom. The van der Waals surface area contributed by atoms with Crippen LogP contribution in [0.3, 0.4) is 0 Å². The van der Waals surface area contributed by atoms with E-state index in [4.69, 9.17) is 10.8 Å². The van der Waals surface area contributed by atoms with E-state index >= 15 is 0 Å². The zero-order chi connectivity index (χ0) is 17.1. The Morgan fingerprint density at radius 3 is 1.70 bits per heavy atom. The van der Waals surface area contributed by atoms with Crippen LogP contribution in [-0.2, 0) is 10.8 Å². The summed E-state index contributed by atoms with van der Waals surface area (Å²) in [5.74, 6) is 0. The Morgan fingerprint density at radius 1 is 0.870 bits per heavy atom. The van der Waals surface area contributed by atoms with Crippen LogP contribution in [0.15, 0.2) is 53.6 Å². The summed E-state index contributed by atoms with van der Waals surface area (Å²) in [6.45, 7) is 8.81. The van der Waals surface area contributed by atoms with Crippen molar-refractivity contribution in [3.05, 3.63) is 75.7 Å². The number of azide groups is 1. The highest BCUT2D eigenvalue weighted by molar-refractivity contribution is 5.44. The summed E-state index contributed by atoms with van der Waals surface area (Å²) in [7, 11) is 0. The Bertz CT molecular complexity index is 772. The van der Waals surface area contributed by atoms with E-state index < -0.39 is 0 Å². The van der Waals surface area contributed by atoms with Crippen molar-refractivity contribution in [2.24, 2.45) is 5.11 Å². The van der Waals surface area contributed by atoms with Crippen LogP contribution < -0.4 is 0 Å². The normalized spacial score (nSPS) is 11.4. The van der Waals surface area contributed by atoms with Gasteiger partial charge >= 0.3 is 0 Å². The molecule has 0 radical (unpaired) electrons. The number of nitriles is 1. The van der Waals surface area contributed by atoms with E-state index in [1.165, 1.54) is 11.1 Å². The molecule has 0 aliphatic carbocycles. The highest BCUT2D eigenvalue weighted by Crippen LogP contribution is 2.44. The van der Waals surface area contributed by atoms with Gasteiger partial charge in [-0.2, -0.15) is 5.26 Å². The molecule has 0 aromatic heterocycles. The summed E-state index contributed by atoms with van der Waals surface area (Å²) in [4.78, 5) is 2.81. The first-order valence-corrected chi connectivity index (χ1v) is 7.49. The molecule has 4 nitrogen and oxygen atoms in total. The van der Waals surface area contributed by atoms with Crippen LogP contribution in [0.2, 0.25) is 0 Å². The molecule has 0 amide bonds. The molecule has 0 heterocycles. The average molecular weight is 304 g/mol. The highest BCUT2D eigenvalue weighted by atomic mass is 15.1. The molecule has 116 valence electrons. The van der Waals surface area contributed by atoms with Crippen molar-refractivity contribution < 1.29 is 0 Å². The molecule has 0 aliphatic rings. The summed E-state index contributed by atoms with van der Waals surface area (Å²) in [5.41, 5.74) is 11.9. The van der Waals surface area contributed by atoms with E-state index in [9.17, 15) is 0 Å². The topological polar surface area (TPSA) is 72.5 Å². The number of rotatable bonds is 4. The molecule has 0 atom stereocenters. The van der Waals surface area contributed by atoms with Crippen LogP contribution in [0, 0.1) is 11.3 Å². The van der Waals surface area contributed by atoms with Gasteiger partial charge in [-0.05, 0) is 39.6 Å². The summed E-state index contributed by atoms with van der Waals surface area (Å²) in [5, 5.41) is 12.6. The maximum absolute atomic E-state index is 8.95. The lowest BCUT2D eigenvalue weighted by atomic mass is 9.61. The summed E-state index contributed by atoms with van der Waals surface area (Å²) < 4.78 is 0. The summed E-state index contributed by atoms with van der Waals surface area (Å²) in [6, 6.07) is 17.6. The van der Waals surface area contributed by atoms with E-state index in [0.29, 0.717) is 11.3 Å². The van der Waals surface area contributed by atoms with E-state index in [-0.39, 0.29) is 10.8 Å². The number of benzene rings is 2. The smallest absolute Gasteiger partial charge is 0.0991 e. The fourth-order valence-electron chi connectivity index (χ4n) is 2.68. The lowest BCUT2D eigenvalue weighted by Gasteiger charge is -2.43. The lowest BCUT2D eigenvalue weighted by Crippen LogP contribution is -2.40. The second-order valence-corrected chi connectivity index (χ2v) is 6.68. The quantitative estimate of drug-likeness (QED) is 0.402. The maximum atomic E-state index is 8.95. The third-order valence-electron chi connectivity index (χ3n) is 5.05. The summed E-state index contributed by atoms with van der Waals surface area (Å²) >= 11 is 0. The van der Waals surface area contributed by atoms with Crippen molar-refractivity contribution in [3.8, 4) is 6.07 Å². The van der Waals surface area contributed by atoms with Crippen molar-refractivity contribution in [3.63, 3.8) is 0 Å². The van der Waals surface area contributed by atoms with Gasteiger partial charge in [0.2, 0.25) is 0 Å². The molecule has 23 heavy (non-hydrogen) atoms. The second-order valence-electron chi connectivity index (χ2n) is 6.68. The zero-order valence-electron chi connectivity index (χ0n) is 13.9. The van der Waals surface area contributed by atoms with Crippen LogP contribution >= 0.6 is 0 Å².